The van der Waals surface area contributed by atoms with Crippen LogP contribution in [-0.2, 0) is 45.8 Å². The quantitative estimate of drug-likeness (QED) is 0.172. The van der Waals surface area contributed by atoms with Crippen LogP contribution in [0.15, 0.2) is 134 Å². The summed E-state index contributed by atoms with van der Waals surface area (Å²) in [5.74, 6) is 0. The second-order valence-electron chi connectivity index (χ2n) is 10.0. The summed E-state index contributed by atoms with van der Waals surface area (Å²) in [5, 5.41) is 0. The number of hydrogen-bond donors (Lipinski definition) is 0. The van der Waals surface area contributed by atoms with Gasteiger partial charge in [-0.1, -0.05) is 66.7 Å². The van der Waals surface area contributed by atoms with E-state index in [4.69, 9.17) is 4.98 Å². The first kappa shape index (κ1) is 28.4. The van der Waals surface area contributed by atoms with E-state index in [1.807, 2.05) is 66.9 Å². The zero-order valence-electron chi connectivity index (χ0n) is 22.8. The van der Waals surface area contributed by atoms with Crippen LogP contribution in [0.2, 0.25) is 0 Å². The van der Waals surface area contributed by atoms with Crippen LogP contribution < -0.4 is 0 Å². The number of pyridine rings is 2. The largest absolute Gasteiger partial charge is 0.305 e. The Morgan fingerprint density at radius 3 is 1.71 bits per heavy atom. The van der Waals surface area contributed by atoms with Gasteiger partial charge in [0.2, 0.25) is 0 Å². The van der Waals surface area contributed by atoms with Gasteiger partial charge in [0.1, 0.15) is 0 Å². The predicted octanol–water partition coefficient (Wildman–Crippen LogP) is 8.65. The third-order valence-corrected chi connectivity index (χ3v) is 7.29. The Bertz CT molecular complexity index is 1610. The smallest absolute Gasteiger partial charge is 0.0239 e. The van der Waals surface area contributed by atoms with E-state index >= 15 is 0 Å². The minimum absolute atomic E-state index is 0. The van der Waals surface area contributed by atoms with Crippen molar-refractivity contribution in [1.82, 2.24) is 9.97 Å². The normalized spacial score (nSPS) is 11.8. The summed E-state index contributed by atoms with van der Waals surface area (Å²) in [7, 11) is 0. The fourth-order valence-corrected chi connectivity index (χ4v) is 5.05. The monoisotopic (exact) mass is 707 g/mol. The van der Waals surface area contributed by atoms with Gasteiger partial charge >= 0.3 is 0 Å². The van der Waals surface area contributed by atoms with Gasteiger partial charge in [-0.15, -0.1) is 71.8 Å². The molecule has 41 heavy (non-hydrogen) atoms. The molecule has 0 amide bonds. The molecule has 3 heteroatoms. The van der Waals surface area contributed by atoms with Crippen molar-refractivity contribution in [2.75, 3.05) is 0 Å². The van der Waals surface area contributed by atoms with Crippen molar-refractivity contribution < 1.29 is 20.1 Å². The summed E-state index contributed by atoms with van der Waals surface area (Å²) in [5.41, 5.74) is 12.2. The van der Waals surface area contributed by atoms with Gasteiger partial charge in [0.05, 0.1) is 0 Å². The molecule has 2 nitrogen and oxygen atoms in total. The Balaban J connectivity index is 0.000000218. The minimum atomic E-state index is 0. The Morgan fingerprint density at radius 2 is 1.12 bits per heavy atom. The molecule has 0 saturated carbocycles. The minimum Gasteiger partial charge on any atom is -0.305 e. The molecule has 0 aliphatic heterocycles. The zero-order chi connectivity index (χ0) is 27.0. The summed E-state index contributed by atoms with van der Waals surface area (Å²) in [6.07, 6.45) is 8.06. The molecule has 0 spiro atoms. The molecule has 0 saturated heterocycles. The van der Waals surface area contributed by atoms with Crippen LogP contribution in [0.3, 0.4) is 0 Å². The fourth-order valence-electron chi connectivity index (χ4n) is 5.05. The Kier molecular flexibility index (Phi) is 9.65. The van der Waals surface area contributed by atoms with Crippen molar-refractivity contribution in [2.45, 2.75) is 25.7 Å². The molecule has 0 atom stereocenters. The maximum absolute atomic E-state index is 4.72. The van der Waals surface area contributed by atoms with Gasteiger partial charge < -0.3 is 9.97 Å². The molecule has 4 aromatic carbocycles. The van der Waals surface area contributed by atoms with Crippen LogP contribution in [0.5, 0.6) is 0 Å². The second kappa shape index (κ2) is 13.9. The summed E-state index contributed by atoms with van der Waals surface area (Å²) < 4.78 is 0. The van der Waals surface area contributed by atoms with Crippen LogP contribution in [-0.4, -0.2) is 9.97 Å². The number of aryl methyl sites for hydroxylation is 4. The average molecular weight is 707 g/mol. The number of benzene rings is 4. The first-order valence-electron chi connectivity index (χ1n) is 13.8. The van der Waals surface area contributed by atoms with E-state index < -0.39 is 0 Å². The van der Waals surface area contributed by atoms with Crippen molar-refractivity contribution >= 4 is 0 Å². The Morgan fingerprint density at radius 1 is 0.512 bits per heavy atom. The molecule has 10 rings (SSSR count). The van der Waals surface area contributed by atoms with Crippen LogP contribution in [0.4, 0.5) is 0 Å². The molecule has 4 aliphatic rings. The van der Waals surface area contributed by atoms with Gasteiger partial charge in [-0.25, -0.2) is 0 Å². The van der Waals surface area contributed by atoms with Gasteiger partial charge in [-0.2, -0.15) is 0 Å². The van der Waals surface area contributed by atoms with E-state index in [9.17, 15) is 0 Å². The molecule has 0 N–H and O–H groups in total. The molecule has 203 valence electrons. The maximum Gasteiger partial charge on any atom is 0.0239 e. The molecular weight excluding hydrogens is 677 g/mol. The van der Waals surface area contributed by atoms with Gasteiger partial charge in [0.15, 0.2) is 0 Å². The number of rotatable bonds is 3. The molecule has 4 aliphatic carbocycles. The van der Waals surface area contributed by atoms with Crippen LogP contribution in [0.25, 0.3) is 33.6 Å². The second-order valence-corrected chi connectivity index (χ2v) is 10.0. The van der Waals surface area contributed by atoms with Crippen molar-refractivity contribution in [2.24, 2.45) is 0 Å². The first-order chi connectivity index (χ1) is 19.8. The number of hydrogen-bond acceptors (Lipinski definition) is 2. The molecule has 0 fully saturated rings. The van der Waals surface area contributed by atoms with Crippen LogP contribution >= 0.6 is 0 Å². The number of nitrogens with zero attached hydrogens (tertiary/aromatic N) is 2. The zero-order valence-corrected chi connectivity index (χ0v) is 25.2. The summed E-state index contributed by atoms with van der Waals surface area (Å²) in [6, 6.07) is 48.5. The first-order valence-corrected chi connectivity index (χ1v) is 13.8. The van der Waals surface area contributed by atoms with Crippen molar-refractivity contribution in [3.05, 3.63) is 168 Å². The standard InChI is InChI=1S/C27H22N.C11H8N.Ir/c1-2-4-24(5-3-1)27-17-16-25(19-28-27)26-18-22-11-10-20-6-8-21(9-7-20)12-14-23(26)15-13-22;1-2-6-10(7-3-1)11-8-4-5-9-12-11;/h1-4,6-9,13,15-19H,10-12,14H2;1-6,8-9H;/q2*-1;. The Labute approximate surface area is 256 Å². The maximum atomic E-state index is 4.72. The Hall–Kier alpha value is -4.17. The predicted molar refractivity (Wildman–Crippen MR) is 164 cm³/mol. The van der Waals surface area contributed by atoms with E-state index in [-0.39, 0.29) is 20.1 Å². The van der Waals surface area contributed by atoms with Crippen LogP contribution in [0.1, 0.15) is 22.3 Å². The SMILES string of the molecule is [Ir].[c-]1ccccc1-c1ccc(-c2cc3ccc2CCc2ccc(cc2)CC3)cn1.[c-]1ccccc1-c1ccccn1. The third-order valence-electron chi connectivity index (χ3n) is 7.29. The topological polar surface area (TPSA) is 25.8 Å². The summed E-state index contributed by atoms with van der Waals surface area (Å²) >= 11 is 0. The fraction of sp³-hybridized carbons (Fsp3) is 0.105. The summed E-state index contributed by atoms with van der Waals surface area (Å²) in [4.78, 5) is 8.94. The summed E-state index contributed by atoms with van der Waals surface area (Å²) in [6.45, 7) is 0. The molecule has 2 aromatic heterocycles. The molecule has 6 aromatic rings. The third kappa shape index (κ3) is 7.32. The van der Waals surface area contributed by atoms with E-state index in [1.54, 1.807) is 6.20 Å². The van der Waals surface area contributed by atoms with Crippen molar-refractivity contribution in [3.63, 3.8) is 0 Å². The van der Waals surface area contributed by atoms with E-state index in [0.717, 1.165) is 48.2 Å². The van der Waals surface area contributed by atoms with Crippen molar-refractivity contribution in [1.29, 1.82) is 0 Å². The molecule has 1 radical (unpaired) electrons. The van der Waals surface area contributed by atoms with Gasteiger partial charge in [0, 0.05) is 32.5 Å². The van der Waals surface area contributed by atoms with E-state index in [0.29, 0.717) is 0 Å². The van der Waals surface area contributed by atoms with E-state index in [2.05, 4.69) is 77.8 Å². The van der Waals surface area contributed by atoms with Gasteiger partial charge in [-0.05, 0) is 76.5 Å². The molecule has 2 heterocycles. The molecular formula is C38H30IrN2-2. The van der Waals surface area contributed by atoms with Crippen molar-refractivity contribution in [3.8, 4) is 33.6 Å². The molecule has 0 unspecified atom stereocenters. The number of aromatic nitrogens is 2. The van der Waals surface area contributed by atoms with Crippen LogP contribution in [0, 0.1) is 12.1 Å². The average Bonchev–Trinajstić information content (AvgIpc) is 3.04. The van der Waals surface area contributed by atoms with Gasteiger partial charge in [0.25, 0.3) is 0 Å². The van der Waals surface area contributed by atoms with E-state index in [1.165, 1.54) is 33.4 Å². The molecule has 4 bridgehead atoms. The van der Waals surface area contributed by atoms with Gasteiger partial charge in [-0.3, -0.25) is 0 Å².